The molecule has 0 unspecified atom stereocenters. The summed E-state index contributed by atoms with van der Waals surface area (Å²) in [5.74, 6) is 0. The van der Waals surface area contributed by atoms with Gasteiger partial charge in [0.1, 0.15) is 0 Å². The average molecular weight is 194 g/mol. The molecule has 2 rings (SSSR count). The van der Waals surface area contributed by atoms with Gasteiger partial charge in [0.05, 0.1) is 5.02 Å². The van der Waals surface area contributed by atoms with Gasteiger partial charge in [-0.1, -0.05) is 29.8 Å². The maximum atomic E-state index is 6.10. The Bertz CT molecular complexity index is 429. The minimum absolute atomic E-state index is 0.456. The summed E-state index contributed by atoms with van der Waals surface area (Å²) in [6.45, 7) is 4.31. The number of benzene rings is 1. The van der Waals surface area contributed by atoms with Gasteiger partial charge in [0.15, 0.2) is 0 Å². The summed E-state index contributed by atoms with van der Waals surface area (Å²) in [6.07, 6.45) is 2.00. The van der Waals surface area contributed by atoms with E-state index in [1.165, 1.54) is 5.52 Å². The Labute approximate surface area is 82.9 Å². The van der Waals surface area contributed by atoms with Crippen molar-refractivity contribution in [2.45, 2.75) is 19.9 Å². The lowest BCUT2D eigenvalue weighted by Crippen LogP contribution is -1.97. The SMILES string of the molecule is CC(C)n1cc(Cl)c2ccccc21. The number of rotatable bonds is 1. The van der Waals surface area contributed by atoms with Crippen molar-refractivity contribution in [2.24, 2.45) is 0 Å². The number of halogens is 1. The van der Waals surface area contributed by atoms with Crippen LogP contribution in [0.2, 0.25) is 5.02 Å². The molecule has 0 amide bonds. The van der Waals surface area contributed by atoms with E-state index in [0.717, 1.165) is 10.4 Å². The van der Waals surface area contributed by atoms with Crippen molar-refractivity contribution in [1.29, 1.82) is 0 Å². The third-order valence-electron chi connectivity index (χ3n) is 2.25. The minimum atomic E-state index is 0.456. The molecule has 0 bridgehead atoms. The van der Waals surface area contributed by atoms with E-state index in [1.54, 1.807) is 0 Å². The summed E-state index contributed by atoms with van der Waals surface area (Å²) in [5.41, 5.74) is 1.21. The van der Waals surface area contributed by atoms with Crippen molar-refractivity contribution in [3.05, 3.63) is 35.5 Å². The summed E-state index contributed by atoms with van der Waals surface area (Å²) in [6, 6.07) is 8.66. The molecule has 1 aromatic heterocycles. The summed E-state index contributed by atoms with van der Waals surface area (Å²) < 4.78 is 2.19. The Morgan fingerprint density at radius 1 is 1.23 bits per heavy atom. The smallest absolute Gasteiger partial charge is 0.0661 e. The van der Waals surface area contributed by atoms with Gasteiger partial charge in [0.25, 0.3) is 0 Å². The highest BCUT2D eigenvalue weighted by Crippen LogP contribution is 2.27. The first-order valence-corrected chi connectivity index (χ1v) is 4.83. The normalized spacial score (nSPS) is 11.4. The maximum absolute atomic E-state index is 6.10. The predicted octanol–water partition coefficient (Wildman–Crippen LogP) is 3.88. The fourth-order valence-corrected chi connectivity index (χ4v) is 1.85. The molecule has 1 heterocycles. The Morgan fingerprint density at radius 2 is 1.92 bits per heavy atom. The van der Waals surface area contributed by atoms with Crippen LogP contribution in [0.5, 0.6) is 0 Å². The van der Waals surface area contributed by atoms with Crippen LogP contribution in [0.3, 0.4) is 0 Å². The molecule has 2 aromatic rings. The van der Waals surface area contributed by atoms with Gasteiger partial charge in [0.2, 0.25) is 0 Å². The number of hydrogen-bond donors (Lipinski definition) is 0. The van der Waals surface area contributed by atoms with Crippen LogP contribution in [0.15, 0.2) is 30.5 Å². The third kappa shape index (κ3) is 1.33. The standard InChI is InChI=1S/C11H12ClN/c1-8(2)13-7-10(12)9-5-3-4-6-11(9)13/h3-8H,1-2H3. The van der Waals surface area contributed by atoms with Crippen molar-refractivity contribution in [3.63, 3.8) is 0 Å². The van der Waals surface area contributed by atoms with E-state index in [-0.39, 0.29) is 0 Å². The van der Waals surface area contributed by atoms with Gasteiger partial charge in [-0.3, -0.25) is 0 Å². The average Bonchev–Trinajstić information content (AvgIpc) is 2.45. The zero-order chi connectivity index (χ0) is 9.42. The fraction of sp³-hybridized carbons (Fsp3) is 0.273. The van der Waals surface area contributed by atoms with Crippen molar-refractivity contribution < 1.29 is 0 Å². The lowest BCUT2D eigenvalue weighted by atomic mass is 10.2. The molecule has 0 fully saturated rings. The molecule has 0 atom stereocenters. The third-order valence-corrected chi connectivity index (χ3v) is 2.55. The Kier molecular flexibility index (Phi) is 2.04. The summed E-state index contributed by atoms with van der Waals surface area (Å²) >= 11 is 6.10. The van der Waals surface area contributed by atoms with Crippen LogP contribution >= 0.6 is 11.6 Å². The van der Waals surface area contributed by atoms with Crippen LogP contribution < -0.4 is 0 Å². The fourth-order valence-electron chi connectivity index (χ4n) is 1.59. The van der Waals surface area contributed by atoms with Crippen molar-refractivity contribution in [3.8, 4) is 0 Å². The molecule has 13 heavy (non-hydrogen) atoms. The summed E-state index contributed by atoms with van der Waals surface area (Å²) in [5, 5.41) is 1.97. The number of hydrogen-bond acceptors (Lipinski definition) is 0. The highest BCUT2D eigenvalue weighted by atomic mass is 35.5. The quantitative estimate of drug-likeness (QED) is 0.648. The largest absolute Gasteiger partial charge is 0.343 e. The Morgan fingerprint density at radius 3 is 2.62 bits per heavy atom. The van der Waals surface area contributed by atoms with Crippen LogP contribution in [0.1, 0.15) is 19.9 Å². The molecular weight excluding hydrogens is 182 g/mol. The van der Waals surface area contributed by atoms with E-state index in [4.69, 9.17) is 11.6 Å². The van der Waals surface area contributed by atoms with Crippen molar-refractivity contribution >= 4 is 22.5 Å². The van der Waals surface area contributed by atoms with Crippen molar-refractivity contribution in [2.75, 3.05) is 0 Å². The van der Waals surface area contributed by atoms with E-state index in [0.29, 0.717) is 6.04 Å². The lowest BCUT2D eigenvalue weighted by Gasteiger charge is -2.08. The van der Waals surface area contributed by atoms with Gasteiger partial charge < -0.3 is 4.57 Å². The van der Waals surface area contributed by atoms with Gasteiger partial charge in [-0.25, -0.2) is 0 Å². The maximum Gasteiger partial charge on any atom is 0.0661 e. The van der Waals surface area contributed by atoms with Crippen LogP contribution in [-0.2, 0) is 0 Å². The van der Waals surface area contributed by atoms with Gasteiger partial charge in [-0.05, 0) is 19.9 Å². The molecule has 0 aliphatic rings. The first kappa shape index (κ1) is 8.64. The highest BCUT2D eigenvalue weighted by molar-refractivity contribution is 6.35. The topological polar surface area (TPSA) is 4.93 Å². The zero-order valence-corrected chi connectivity index (χ0v) is 8.55. The molecule has 0 saturated carbocycles. The molecule has 0 radical (unpaired) electrons. The van der Waals surface area contributed by atoms with Gasteiger partial charge in [0, 0.05) is 23.1 Å². The molecule has 1 nitrogen and oxygen atoms in total. The van der Waals surface area contributed by atoms with Crippen LogP contribution in [0, 0.1) is 0 Å². The molecule has 68 valence electrons. The van der Waals surface area contributed by atoms with Crippen LogP contribution in [0.25, 0.3) is 10.9 Å². The first-order valence-electron chi connectivity index (χ1n) is 4.45. The second-order valence-corrected chi connectivity index (χ2v) is 3.90. The minimum Gasteiger partial charge on any atom is -0.343 e. The summed E-state index contributed by atoms with van der Waals surface area (Å²) in [4.78, 5) is 0. The van der Waals surface area contributed by atoms with Gasteiger partial charge in [-0.2, -0.15) is 0 Å². The van der Waals surface area contributed by atoms with Crippen LogP contribution in [0.4, 0.5) is 0 Å². The molecule has 2 heteroatoms. The Hall–Kier alpha value is -0.950. The van der Waals surface area contributed by atoms with Gasteiger partial charge in [-0.15, -0.1) is 0 Å². The summed E-state index contributed by atoms with van der Waals surface area (Å²) in [7, 11) is 0. The zero-order valence-electron chi connectivity index (χ0n) is 7.79. The number of para-hydroxylation sites is 1. The predicted molar refractivity (Wildman–Crippen MR) is 57.3 cm³/mol. The van der Waals surface area contributed by atoms with E-state index in [2.05, 4.69) is 30.5 Å². The lowest BCUT2D eigenvalue weighted by molar-refractivity contribution is 0.623. The van der Waals surface area contributed by atoms with E-state index in [9.17, 15) is 0 Å². The molecule has 0 aliphatic carbocycles. The van der Waals surface area contributed by atoms with Gasteiger partial charge >= 0.3 is 0 Å². The second-order valence-electron chi connectivity index (χ2n) is 3.50. The van der Waals surface area contributed by atoms with Crippen LogP contribution in [-0.4, -0.2) is 4.57 Å². The van der Waals surface area contributed by atoms with Crippen molar-refractivity contribution in [1.82, 2.24) is 4.57 Å². The number of aromatic nitrogens is 1. The molecule has 0 aliphatic heterocycles. The second kappa shape index (κ2) is 3.08. The molecule has 0 saturated heterocycles. The monoisotopic (exact) mass is 193 g/mol. The number of fused-ring (bicyclic) bond motifs is 1. The first-order chi connectivity index (χ1) is 6.20. The van der Waals surface area contributed by atoms with E-state index >= 15 is 0 Å². The van der Waals surface area contributed by atoms with E-state index < -0.39 is 0 Å². The highest BCUT2D eigenvalue weighted by Gasteiger charge is 2.07. The molecule has 0 spiro atoms. The number of nitrogens with zero attached hydrogens (tertiary/aromatic N) is 1. The van der Waals surface area contributed by atoms with E-state index in [1.807, 2.05) is 18.3 Å². The Balaban J connectivity index is 2.78. The molecule has 0 N–H and O–H groups in total. The molecular formula is C11H12ClN. The molecule has 1 aromatic carbocycles.